The van der Waals surface area contributed by atoms with Gasteiger partial charge in [-0.1, -0.05) is 12.1 Å². The lowest BCUT2D eigenvalue weighted by atomic mass is 9.82. The van der Waals surface area contributed by atoms with Gasteiger partial charge in [-0.2, -0.15) is 0 Å². The van der Waals surface area contributed by atoms with E-state index in [1.807, 2.05) is 53.4 Å². The highest BCUT2D eigenvalue weighted by Crippen LogP contribution is 2.42. The van der Waals surface area contributed by atoms with Crippen LogP contribution >= 0.6 is 0 Å². The number of anilines is 1. The fraction of sp³-hybridized carbons (Fsp3) is 0.500. The molecule has 0 spiro atoms. The van der Waals surface area contributed by atoms with Crippen LogP contribution in [-0.2, 0) is 19.1 Å². The van der Waals surface area contributed by atoms with Gasteiger partial charge in [0.2, 0.25) is 11.8 Å². The Morgan fingerprint density at radius 2 is 1.44 bits per heavy atom. The van der Waals surface area contributed by atoms with Crippen molar-refractivity contribution in [2.24, 2.45) is 11.8 Å². The van der Waals surface area contributed by atoms with Crippen molar-refractivity contribution in [2.75, 3.05) is 45.4 Å². The van der Waals surface area contributed by atoms with E-state index in [2.05, 4.69) is 0 Å². The summed E-state index contributed by atoms with van der Waals surface area (Å²) in [5.41, 5.74) is 1.68. The van der Waals surface area contributed by atoms with Gasteiger partial charge in [0.05, 0.1) is 39.4 Å². The Labute approximate surface area is 212 Å². The summed E-state index contributed by atoms with van der Waals surface area (Å²) < 4.78 is 22.1. The lowest BCUT2D eigenvalue weighted by Crippen LogP contribution is -2.51. The summed E-state index contributed by atoms with van der Waals surface area (Å²) in [6, 6.07) is 14.7. The maximum absolute atomic E-state index is 14.0. The number of ether oxygens (including phenoxy) is 4. The van der Waals surface area contributed by atoms with E-state index in [4.69, 9.17) is 18.9 Å². The SMILES string of the molecule is COc1ccc(C2C(C(=O)N3CCC(C4OCCO4)CC3)CCC(=O)N2c2ccc(OC)cc2)cc1. The smallest absolute Gasteiger partial charge is 0.228 e. The quantitative estimate of drug-likeness (QED) is 0.608. The van der Waals surface area contributed by atoms with E-state index in [1.165, 1.54) is 0 Å². The molecule has 3 aliphatic heterocycles. The Kier molecular flexibility index (Phi) is 7.43. The lowest BCUT2D eigenvalue weighted by Gasteiger charge is -2.43. The maximum atomic E-state index is 14.0. The Morgan fingerprint density at radius 1 is 0.861 bits per heavy atom. The molecular weight excluding hydrogens is 460 g/mol. The molecule has 3 fully saturated rings. The third-order valence-corrected chi connectivity index (χ3v) is 7.61. The second kappa shape index (κ2) is 10.9. The zero-order valence-electron chi connectivity index (χ0n) is 20.9. The van der Waals surface area contributed by atoms with Crippen LogP contribution in [0.5, 0.6) is 11.5 Å². The summed E-state index contributed by atoms with van der Waals surface area (Å²) in [6.07, 6.45) is 2.42. The number of hydrogen-bond acceptors (Lipinski definition) is 6. The molecule has 8 heteroatoms. The third kappa shape index (κ3) is 4.92. The second-order valence-corrected chi connectivity index (χ2v) is 9.60. The molecule has 3 aliphatic rings. The van der Waals surface area contributed by atoms with E-state index < -0.39 is 6.04 Å². The molecule has 2 atom stereocenters. The van der Waals surface area contributed by atoms with Crippen molar-refractivity contribution < 1.29 is 28.5 Å². The van der Waals surface area contributed by atoms with Crippen molar-refractivity contribution in [1.29, 1.82) is 0 Å². The minimum atomic E-state index is -0.405. The first-order chi connectivity index (χ1) is 17.6. The molecule has 0 saturated carbocycles. The van der Waals surface area contributed by atoms with Crippen LogP contribution in [0.15, 0.2) is 48.5 Å². The van der Waals surface area contributed by atoms with Crippen molar-refractivity contribution in [3.05, 3.63) is 54.1 Å². The third-order valence-electron chi connectivity index (χ3n) is 7.61. The molecule has 0 aromatic heterocycles. The molecule has 0 N–H and O–H groups in total. The number of methoxy groups -OCH3 is 2. The highest BCUT2D eigenvalue weighted by Gasteiger charge is 2.44. The molecule has 3 saturated heterocycles. The highest BCUT2D eigenvalue weighted by molar-refractivity contribution is 5.97. The van der Waals surface area contributed by atoms with Crippen molar-refractivity contribution in [1.82, 2.24) is 4.90 Å². The number of hydrogen-bond donors (Lipinski definition) is 0. The van der Waals surface area contributed by atoms with E-state index in [1.54, 1.807) is 19.1 Å². The molecule has 3 heterocycles. The molecule has 8 nitrogen and oxygen atoms in total. The Bertz CT molecular complexity index is 1040. The number of benzene rings is 2. The summed E-state index contributed by atoms with van der Waals surface area (Å²) in [5, 5.41) is 0. The Balaban J connectivity index is 1.42. The van der Waals surface area contributed by atoms with Crippen LogP contribution in [-0.4, -0.2) is 63.5 Å². The Morgan fingerprint density at radius 3 is 2.03 bits per heavy atom. The summed E-state index contributed by atoms with van der Waals surface area (Å²) in [6.45, 7) is 2.64. The summed E-state index contributed by atoms with van der Waals surface area (Å²) in [4.78, 5) is 31.0. The number of nitrogens with zero attached hydrogens (tertiary/aromatic N) is 2. The molecular formula is C28H34N2O6. The van der Waals surface area contributed by atoms with Crippen LogP contribution < -0.4 is 14.4 Å². The molecule has 0 aliphatic carbocycles. The van der Waals surface area contributed by atoms with Gasteiger partial charge in [0.1, 0.15) is 11.5 Å². The van der Waals surface area contributed by atoms with Crippen molar-refractivity contribution in [3.8, 4) is 11.5 Å². The predicted octanol–water partition coefficient (Wildman–Crippen LogP) is 3.80. The van der Waals surface area contributed by atoms with E-state index in [0.29, 0.717) is 45.1 Å². The molecule has 36 heavy (non-hydrogen) atoms. The van der Waals surface area contributed by atoms with Crippen molar-refractivity contribution >= 4 is 17.5 Å². The zero-order valence-corrected chi connectivity index (χ0v) is 20.9. The van der Waals surface area contributed by atoms with Crippen LogP contribution in [0.1, 0.15) is 37.3 Å². The minimum absolute atomic E-state index is 0.0132. The molecule has 192 valence electrons. The fourth-order valence-corrected chi connectivity index (χ4v) is 5.66. The fourth-order valence-electron chi connectivity index (χ4n) is 5.66. The largest absolute Gasteiger partial charge is 0.497 e. The van der Waals surface area contributed by atoms with Crippen molar-refractivity contribution in [2.45, 2.75) is 38.0 Å². The van der Waals surface area contributed by atoms with Crippen LogP contribution in [0.3, 0.4) is 0 Å². The van der Waals surface area contributed by atoms with E-state index in [9.17, 15) is 9.59 Å². The molecule has 2 amide bonds. The van der Waals surface area contributed by atoms with Gasteiger partial charge in [-0.15, -0.1) is 0 Å². The van der Waals surface area contributed by atoms with E-state index in [0.717, 1.165) is 35.6 Å². The first kappa shape index (κ1) is 24.6. The van der Waals surface area contributed by atoms with Gasteiger partial charge in [0, 0.05) is 31.1 Å². The molecule has 2 aromatic carbocycles. The second-order valence-electron chi connectivity index (χ2n) is 9.60. The maximum Gasteiger partial charge on any atom is 0.228 e. The molecule has 2 aromatic rings. The topological polar surface area (TPSA) is 77.5 Å². The summed E-state index contributed by atoms with van der Waals surface area (Å²) >= 11 is 0. The summed E-state index contributed by atoms with van der Waals surface area (Å²) in [7, 11) is 3.24. The highest BCUT2D eigenvalue weighted by atomic mass is 16.7. The van der Waals surface area contributed by atoms with Gasteiger partial charge in [-0.3, -0.25) is 9.59 Å². The molecule has 0 radical (unpaired) electrons. The zero-order chi connectivity index (χ0) is 25.1. The molecule has 5 rings (SSSR count). The molecule has 0 bridgehead atoms. The number of carbonyl (C=O) groups is 2. The average Bonchev–Trinajstić information content (AvgIpc) is 3.48. The first-order valence-electron chi connectivity index (χ1n) is 12.7. The van der Waals surface area contributed by atoms with Crippen LogP contribution in [0.25, 0.3) is 0 Å². The number of likely N-dealkylation sites (tertiary alicyclic amines) is 1. The van der Waals surface area contributed by atoms with E-state index in [-0.39, 0.29) is 24.0 Å². The predicted molar refractivity (Wildman–Crippen MR) is 134 cm³/mol. The van der Waals surface area contributed by atoms with Crippen molar-refractivity contribution in [3.63, 3.8) is 0 Å². The van der Waals surface area contributed by atoms with Gasteiger partial charge in [0.15, 0.2) is 6.29 Å². The monoisotopic (exact) mass is 494 g/mol. The first-order valence-corrected chi connectivity index (χ1v) is 12.7. The number of rotatable bonds is 6. The van der Waals surface area contributed by atoms with E-state index >= 15 is 0 Å². The van der Waals surface area contributed by atoms with Gasteiger partial charge < -0.3 is 28.7 Å². The van der Waals surface area contributed by atoms with Gasteiger partial charge in [-0.25, -0.2) is 0 Å². The number of amides is 2. The number of piperidine rings is 2. The van der Waals surface area contributed by atoms with Gasteiger partial charge in [0.25, 0.3) is 0 Å². The van der Waals surface area contributed by atoms with Gasteiger partial charge in [-0.05, 0) is 61.2 Å². The Hall–Kier alpha value is -3.10. The van der Waals surface area contributed by atoms with Crippen LogP contribution in [0.2, 0.25) is 0 Å². The van der Waals surface area contributed by atoms with Crippen LogP contribution in [0.4, 0.5) is 5.69 Å². The van der Waals surface area contributed by atoms with Gasteiger partial charge >= 0.3 is 0 Å². The summed E-state index contributed by atoms with van der Waals surface area (Å²) in [5.74, 6) is 1.55. The normalized spacial score (nSPS) is 23.7. The molecule has 2 unspecified atom stereocenters. The minimum Gasteiger partial charge on any atom is -0.497 e. The standard InChI is InChI=1S/C28H34N2O6/c1-33-22-7-3-19(4-8-22)26-24(11-12-25(31)30(26)21-5-9-23(34-2)10-6-21)27(32)29-15-13-20(14-16-29)28-35-17-18-36-28/h3-10,20,24,26,28H,11-18H2,1-2H3. The lowest BCUT2D eigenvalue weighted by molar-refractivity contribution is -0.143. The number of carbonyl (C=O) groups excluding carboxylic acids is 2. The average molecular weight is 495 g/mol. The van der Waals surface area contributed by atoms with Crippen LogP contribution in [0, 0.1) is 11.8 Å².